The van der Waals surface area contributed by atoms with Crippen LogP contribution in [0.3, 0.4) is 0 Å². The van der Waals surface area contributed by atoms with Gasteiger partial charge < -0.3 is 4.74 Å². The molecule has 1 aromatic carbocycles. The molecule has 5 rings (SSSR count). The molecule has 0 amide bonds. The fraction of sp³-hybridized carbons (Fsp3) is 0.370. The van der Waals surface area contributed by atoms with E-state index in [2.05, 4.69) is 15.1 Å². The summed E-state index contributed by atoms with van der Waals surface area (Å²) in [6.45, 7) is 6.42. The number of ether oxygens (including phenoxy) is 1. The van der Waals surface area contributed by atoms with E-state index in [1.54, 1.807) is 26.0 Å². The molecular formula is C27H27F3N6O2. The lowest BCUT2D eigenvalue weighted by Gasteiger charge is -2.10. The average Bonchev–Trinajstić information content (AvgIpc) is 3.54. The number of halogens is 3. The third-order valence-corrected chi connectivity index (χ3v) is 6.53. The number of aryl methyl sites for hydroxylation is 1. The Kier molecular flexibility index (Phi) is 6.77. The summed E-state index contributed by atoms with van der Waals surface area (Å²) in [5, 5.41) is 9.21. The highest BCUT2D eigenvalue weighted by Gasteiger charge is 2.30. The van der Waals surface area contributed by atoms with Gasteiger partial charge in [-0.1, -0.05) is 12.1 Å². The number of nitrogens with zero attached hydrogens (tertiary/aromatic N) is 6. The van der Waals surface area contributed by atoms with Gasteiger partial charge >= 0.3 is 12.1 Å². The highest BCUT2D eigenvalue weighted by atomic mass is 19.4. The number of hydrogen-bond donors (Lipinski definition) is 0. The van der Waals surface area contributed by atoms with Crippen molar-refractivity contribution in [2.75, 3.05) is 6.61 Å². The zero-order valence-electron chi connectivity index (χ0n) is 21.3. The first kappa shape index (κ1) is 25.6. The molecule has 198 valence electrons. The standard InChI is InChI=1S/C27H27F3N6O2/c1-4-38-26(37)23-11-16(2)33-36(23)24-13-21(31-15-32-24)12-22-17(3)25(34-35(22)14-18-5-6-18)19-7-9-20(10-8-19)27(28,29)30/h7-11,13,15,18H,4-6,12,14H2,1-3H3. The summed E-state index contributed by atoms with van der Waals surface area (Å²) in [5.41, 5.74) is 4.00. The summed E-state index contributed by atoms with van der Waals surface area (Å²) < 4.78 is 47.7. The van der Waals surface area contributed by atoms with Gasteiger partial charge in [0.1, 0.15) is 6.33 Å². The number of carbonyl (C=O) groups excluding carboxylic acids is 1. The molecule has 0 saturated heterocycles. The van der Waals surface area contributed by atoms with Gasteiger partial charge in [-0.3, -0.25) is 4.68 Å². The highest BCUT2D eigenvalue weighted by Crippen LogP contribution is 2.35. The Hall–Kier alpha value is -4.02. The van der Waals surface area contributed by atoms with Crippen molar-refractivity contribution in [2.24, 2.45) is 5.92 Å². The molecule has 1 aliphatic carbocycles. The summed E-state index contributed by atoms with van der Waals surface area (Å²) in [4.78, 5) is 21.2. The van der Waals surface area contributed by atoms with Crippen LogP contribution in [0.4, 0.5) is 13.2 Å². The number of hydrogen-bond acceptors (Lipinski definition) is 6. The van der Waals surface area contributed by atoms with E-state index in [1.165, 1.54) is 23.1 Å². The molecule has 0 aliphatic heterocycles. The van der Waals surface area contributed by atoms with Crippen molar-refractivity contribution >= 4 is 5.97 Å². The summed E-state index contributed by atoms with van der Waals surface area (Å²) in [7, 11) is 0. The van der Waals surface area contributed by atoms with Crippen LogP contribution in [-0.2, 0) is 23.9 Å². The van der Waals surface area contributed by atoms with Crippen molar-refractivity contribution in [1.29, 1.82) is 0 Å². The third kappa shape index (κ3) is 5.32. The van der Waals surface area contributed by atoms with E-state index in [4.69, 9.17) is 9.84 Å². The van der Waals surface area contributed by atoms with Crippen LogP contribution in [0, 0.1) is 19.8 Å². The van der Waals surface area contributed by atoms with Crippen LogP contribution < -0.4 is 0 Å². The number of rotatable bonds is 8. The van der Waals surface area contributed by atoms with Gasteiger partial charge in [0.2, 0.25) is 0 Å². The normalized spacial score (nSPS) is 13.6. The monoisotopic (exact) mass is 524 g/mol. The molecule has 3 heterocycles. The SMILES string of the molecule is CCOC(=O)c1cc(C)nn1-c1cc(Cc2c(C)c(-c3ccc(C(F)(F)F)cc3)nn2CC2CC2)ncn1. The quantitative estimate of drug-likeness (QED) is 0.289. The molecule has 0 spiro atoms. The second-order valence-corrected chi connectivity index (χ2v) is 9.47. The van der Waals surface area contributed by atoms with E-state index in [0.717, 1.165) is 42.8 Å². The van der Waals surface area contributed by atoms with Crippen LogP contribution in [0.1, 0.15) is 58.5 Å². The minimum absolute atomic E-state index is 0.240. The van der Waals surface area contributed by atoms with Gasteiger partial charge in [0.05, 0.1) is 29.3 Å². The topological polar surface area (TPSA) is 87.7 Å². The maximum atomic E-state index is 13.1. The molecule has 0 bridgehead atoms. The van der Waals surface area contributed by atoms with Crippen molar-refractivity contribution in [3.05, 3.63) is 76.6 Å². The zero-order valence-corrected chi connectivity index (χ0v) is 21.3. The van der Waals surface area contributed by atoms with Gasteiger partial charge in [0, 0.05) is 30.3 Å². The Morgan fingerprint density at radius 3 is 2.47 bits per heavy atom. The maximum absolute atomic E-state index is 13.1. The fourth-order valence-electron chi connectivity index (χ4n) is 4.39. The summed E-state index contributed by atoms with van der Waals surface area (Å²) in [5.74, 6) is 0.474. The van der Waals surface area contributed by atoms with E-state index >= 15 is 0 Å². The van der Waals surface area contributed by atoms with Crippen LogP contribution in [-0.4, -0.2) is 42.1 Å². The number of alkyl halides is 3. The lowest BCUT2D eigenvalue weighted by Crippen LogP contribution is -2.14. The Labute approximate surface area is 217 Å². The van der Waals surface area contributed by atoms with Gasteiger partial charge in [-0.25, -0.2) is 19.4 Å². The zero-order chi connectivity index (χ0) is 27.0. The van der Waals surface area contributed by atoms with Crippen molar-refractivity contribution in [3.8, 4) is 17.1 Å². The summed E-state index contributed by atoms with van der Waals surface area (Å²) in [6.07, 6.45) is -0.294. The number of aromatic nitrogens is 6. The number of esters is 1. The van der Waals surface area contributed by atoms with E-state index in [0.29, 0.717) is 40.8 Å². The van der Waals surface area contributed by atoms with Crippen molar-refractivity contribution in [1.82, 2.24) is 29.5 Å². The molecule has 3 aromatic heterocycles. The van der Waals surface area contributed by atoms with Crippen LogP contribution in [0.25, 0.3) is 17.1 Å². The minimum Gasteiger partial charge on any atom is -0.461 e. The second kappa shape index (κ2) is 10.0. The predicted octanol–water partition coefficient (Wildman–Crippen LogP) is 5.34. The first-order valence-electron chi connectivity index (χ1n) is 12.4. The van der Waals surface area contributed by atoms with E-state index < -0.39 is 17.7 Å². The molecule has 0 N–H and O–H groups in total. The van der Waals surface area contributed by atoms with Gasteiger partial charge in [-0.2, -0.15) is 23.4 Å². The Morgan fingerprint density at radius 2 is 1.82 bits per heavy atom. The smallest absolute Gasteiger partial charge is 0.416 e. The van der Waals surface area contributed by atoms with Crippen molar-refractivity contribution in [2.45, 2.75) is 52.8 Å². The molecule has 11 heteroatoms. The molecule has 1 saturated carbocycles. The Balaban J connectivity index is 1.49. The van der Waals surface area contributed by atoms with E-state index in [-0.39, 0.29) is 12.3 Å². The first-order chi connectivity index (χ1) is 18.1. The van der Waals surface area contributed by atoms with Crippen LogP contribution in [0.15, 0.2) is 42.7 Å². The first-order valence-corrected chi connectivity index (χ1v) is 12.4. The Bertz CT molecular complexity index is 1470. The van der Waals surface area contributed by atoms with Gasteiger partial charge in [-0.15, -0.1) is 0 Å². The van der Waals surface area contributed by atoms with E-state index in [1.807, 2.05) is 11.6 Å². The molecule has 38 heavy (non-hydrogen) atoms. The van der Waals surface area contributed by atoms with E-state index in [9.17, 15) is 18.0 Å². The van der Waals surface area contributed by atoms with Crippen LogP contribution >= 0.6 is 0 Å². The highest BCUT2D eigenvalue weighted by molar-refractivity contribution is 5.88. The lowest BCUT2D eigenvalue weighted by atomic mass is 10.0. The van der Waals surface area contributed by atoms with Gasteiger partial charge in [0.15, 0.2) is 11.5 Å². The number of benzene rings is 1. The molecule has 0 unspecified atom stereocenters. The average molecular weight is 525 g/mol. The largest absolute Gasteiger partial charge is 0.461 e. The summed E-state index contributed by atoms with van der Waals surface area (Å²) >= 11 is 0. The van der Waals surface area contributed by atoms with Gasteiger partial charge in [-0.05, 0) is 63.3 Å². The van der Waals surface area contributed by atoms with Gasteiger partial charge in [0.25, 0.3) is 0 Å². The van der Waals surface area contributed by atoms with Crippen molar-refractivity contribution in [3.63, 3.8) is 0 Å². The Morgan fingerprint density at radius 1 is 1.08 bits per heavy atom. The second-order valence-electron chi connectivity index (χ2n) is 9.47. The predicted molar refractivity (Wildman–Crippen MR) is 133 cm³/mol. The molecular weight excluding hydrogens is 497 g/mol. The third-order valence-electron chi connectivity index (χ3n) is 6.53. The lowest BCUT2D eigenvalue weighted by molar-refractivity contribution is -0.137. The molecule has 8 nitrogen and oxygen atoms in total. The van der Waals surface area contributed by atoms with Crippen LogP contribution in [0.5, 0.6) is 0 Å². The summed E-state index contributed by atoms with van der Waals surface area (Å²) in [6, 6.07) is 8.49. The molecule has 4 aromatic rings. The molecule has 0 radical (unpaired) electrons. The molecule has 1 aliphatic rings. The molecule has 1 fully saturated rings. The fourth-order valence-corrected chi connectivity index (χ4v) is 4.39. The molecule has 0 atom stereocenters. The minimum atomic E-state index is -4.39. The number of carbonyl (C=O) groups is 1. The van der Waals surface area contributed by atoms with Crippen LogP contribution in [0.2, 0.25) is 0 Å². The maximum Gasteiger partial charge on any atom is 0.416 e. The van der Waals surface area contributed by atoms with Crippen molar-refractivity contribution < 1.29 is 22.7 Å².